The van der Waals surface area contributed by atoms with Gasteiger partial charge in [-0.25, -0.2) is 0 Å². The number of rotatable bonds is 3. The van der Waals surface area contributed by atoms with Crippen LogP contribution in [0, 0.1) is 5.92 Å². The second-order valence-corrected chi connectivity index (χ2v) is 9.14. The molecule has 2 saturated heterocycles. The van der Waals surface area contributed by atoms with Gasteiger partial charge in [-0.3, -0.25) is 9.59 Å². The minimum absolute atomic E-state index is 0.0419. The number of likely N-dealkylation sites (tertiary alicyclic amines) is 1. The van der Waals surface area contributed by atoms with Crippen molar-refractivity contribution in [2.75, 3.05) is 26.2 Å². The van der Waals surface area contributed by atoms with E-state index in [-0.39, 0.29) is 29.9 Å². The number of amides is 2. The number of hydrogen-bond donors (Lipinski definition) is 0. The van der Waals surface area contributed by atoms with Crippen molar-refractivity contribution >= 4 is 11.8 Å². The van der Waals surface area contributed by atoms with Gasteiger partial charge < -0.3 is 14.5 Å². The van der Waals surface area contributed by atoms with Gasteiger partial charge in [0.05, 0.1) is 18.6 Å². The van der Waals surface area contributed by atoms with Crippen LogP contribution < -0.4 is 0 Å². The normalized spacial score (nSPS) is 25.6. The third kappa shape index (κ3) is 4.82. The summed E-state index contributed by atoms with van der Waals surface area (Å²) in [6.07, 6.45) is 7.07. The zero-order valence-electron chi connectivity index (χ0n) is 17.9. The minimum Gasteiger partial charge on any atom is -0.372 e. The first kappa shape index (κ1) is 20.4. The highest BCUT2D eigenvalue weighted by molar-refractivity contribution is 5.81. The Balaban J connectivity index is 1.29. The molecule has 0 N–H and O–H groups in total. The summed E-state index contributed by atoms with van der Waals surface area (Å²) in [5, 5.41) is 0. The molecule has 29 heavy (non-hydrogen) atoms. The van der Waals surface area contributed by atoms with E-state index in [1.165, 1.54) is 30.4 Å². The van der Waals surface area contributed by atoms with E-state index in [1.807, 2.05) is 23.6 Å². The Morgan fingerprint density at radius 3 is 2.31 bits per heavy atom. The number of nitrogens with zero attached hydrogens (tertiary/aromatic N) is 2. The van der Waals surface area contributed by atoms with Crippen molar-refractivity contribution in [3.63, 3.8) is 0 Å². The highest BCUT2D eigenvalue weighted by Crippen LogP contribution is 2.25. The van der Waals surface area contributed by atoms with Gasteiger partial charge in [-0.15, -0.1) is 0 Å². The molecule has 0 spiro atoms. The lowest BCUT2D eigenvalue weighted by Crippen LogP contribution is -2.51. The van der Waals surface area contributed by atoms with Crippen molar-refractivity contribution in [1.82, 2.24) is 9.80 Å². The van der Waals surface area contributed by atoms with Gasteiger partial charge in [0.1, 0.15) is 0 Å². The minimum atomic E-state index is 0.0419. The Kier molecular flexibility index (Phi) is 6.23. The third-order valence-electron chi connectivity index (χ3n) is 6.70. The summed E-state index contributed by atoms with van der Waals surface area (Å²) in [7, 11) is 0. The Morgan fingerprint density at radius 1 is 0.966 bits per heavy atom. The van der Waals surface area contributed by atoms with E-state index >= 15 is 0 Å². The second kappa shape index (κ2) is 8.86. The summed E-state index contributed by atoms with van der Waals surface area (Å²) < 4.78 is 5.75. The number of fused-ring (bicyclic) bond motifs is 1. The predicted molar refractivity (Wildman–Crippen MR) is 113 cm³/mol. The molecule has 0 radical (unpaired) electrons. The van der Waals surface area contributed by atoms with Crippen LogP contribution in [0.5, 0.6) is 0 Å². The van der Waals surface area contributed by atoms with Crippen molar-refractivity contribution in [2.45, 2.75) is 71.0 Å². The molecular formula is C24H34N2O3. The number of piperidine rings is 1. The number of aryl methyl sites for hydroxylation is 2. The first-order chi connectivity index (χ1) is 14.0. The van der Waals surface area contributed by atoms with Crippen LogP contribution in [0.25, 0.3) is 0 Å². The standard InChI is InChI=1S/C24H34N2O3/c1-17-15-26(16-18(2)29-17)24(28)21-9-11-25(12-10-21)23(27)14-19-7-8-20-5-3-4-6-22(20)13-19/h7-8,13,17-18,21H,3-6,9-12,14-16H2,1-2H3/t17-,18+. The summed E-state index contributed by atoms with van der Waals surface area (Å²) in [4.78, 5) is 29.6. The van der Waals surface area contributed by atoms with Crippen molar-refractivity contribution in [3.05, 3.63) is 34.9 Å². The van der Waals surface area contributed by atoms with Crippen LogP contribution in [0.1, 0.15) is 56.2 Å². The quantitative estimate of drug-likeness (QED) is 0.787. The maximum absolute atomic E-state index is 12.9. The van der Waals surface area contributed by atoms with Gasteiger partial charge in [-0.05, 0) is 69.1 Å². The van der Waals surface area contributed by atoms with E-state index in [1.54, 1.807) is 0 Å². The fourth-order valence-electron chi connectivity index (χ4n) is 5.18. The van der Waals surface area contributed by atoms with E-state index in [0.717, 1.165) is 24.8 Å². The summed E-state index contributed by atoms with van der Waals surface area (Å²) in [5.74, 6) is 0.481. The van der Waals surface area contributed by atoms with E-state index in [9.17, 15) is 9.59 Å². The molecule has 0 bridgehead atoms. The molecule has 1 aliphatic carbocycles. The summed E-state index contributed by atoms with van der Waals surface area (Å²) in [6, 6.07) is 6.58. The van der Waals surface area contributed by atoms with Crippen molar-refractivity contribution in [2.24, 2.45) is 5.92 Å². The van der Waals surface area contributed by atoms with Gasteiger partial charge >= 0.3 is 0 Å². The molecule has 0 unspecified atom stereocenters. The number of benzene rings is 1. The largest absolute Gasteiger partial charge is 0.372 e. The molecule has 158 valence electrons. The van der Waals surface area contributed by atoms with Crippen LogP contribution in [-0.2, 0) is 33.6 Å². The van der Waals surface area contributed by atoms with Gasteiger partial charge in [-0.2, -0.15) is 0 Å². The molecule has 2 heterocycles. The van der Waals surface area contributed by atoms with Gasteiger partial charge in [0.2, 0.25) is 11.8 Å². The molecule has 0 saturated carbocycles. The Hall–Kier alpha value is -1.88. The topological polar surface area (TPSA) is 49.9 Å². The molecule has 2 atom stereocenters. The van der Waals surface area contributed by atoms with Crippen LogP contribution in [0.2, 0.25) is 0 Å². The molecule has 1 aromatic rings. The highest BCUT2D eigenvalue weighted by atomic mass is 16.5. The third-order valence-corrected chi connectivity index (χ3v) is 6.70. The number of carbonyl (C=O) groups excluding carboxylic acids is 2. The second-order valence-electron chi connectivity index (χ2n) is 9.14. The predicted octanol–water partition coefficient (Wildman–Crippen LogP) is 2.98. The first-order valence-corrected chi connectivity index (χ1v) is 11.3. The molecule has 2 amide bonds. The molecule has 2 aliphatic heterocycles. The molecule has 4 rings (SSSR count). The summed E-state index contributed by atoms with van der Waals surface area (Å²) in [6.45, 7) is 6.79. The molecule has 2 fully saturated rings. The lowest BCUT2D eigenvalue weighted by Gasteiger charge is -2.39. The lowest BCUT2D eigenvalue weighted by atomic mass is 9.89. The van der Waals surface area contributed by atoms with E-state index < -0.39 is 0 Å². The average Bonchev–Trinajstić information content (AvgIpc) is 2.72. The fourth-order valence-corrected chi connectivity index (χ4v) is 5.18. The highest BCUT2D eigenvalue weighted by Gasteiger charge is 2.33. The fraction of sp³-hybridized carbons (Fsp3) is 0.667. The number of ether oxygens (including phenoxy) is 1. The monoisotopic (exact) mass is 398 g/mol. The van der Waals surface area contributed by atoms with Gasteiger partial charge in [0.15, 0.2) is 0 Å². The van der Waals surface area contributed by atoms with Crippen LogP contribution in [0.15, 0.2) is 18.2 Å². The lowest BCUT2D eigenvalue weighted by molar-refractivity contribution is -0.150. The van der Waals surface area contributed by atoms with Crippen LogP contribution in [0.4, 0.5) is 0 Å². The first-order valence-electron chi connectivity index (χ1n) is 11.3. The van der Waals surface area contributed by atoms with Crippen LogP contribution in [0.3, 0.4) is 0 Å². The molecule has 5 heteroatoms. The van der Waals surface area contributed by atoms with Crippen LogP contribution >= 0.6 is 0 Å². The van der Waals surface area contributed by atoms with E-state index in [2.05, 4.69) is 18.2 Å². The maximum atomic E-state index is 12.9. The molecule has 1 aromatic carbocycles. The maximum Gasteiger partial charge on any atom is 0.226 e. The molecule has 5 nitrogen and oxygen atoms in total. The molecular weight excluding hydrogens is 364 g/mol. The van der Waals surface area contributed by atoms with Crippen molar-refractivity contribution < 1.29 is 14.3 Å². The smallest absolute Gasteiger partial charge is 0.226 e. The number of morpholine rings is 1. The SMILES string of the molecule is C[C@@H]1CN(C(=O)C2CCN(C(=O)Cc3ccc4c(c3)CCCC4)CC2)C[C@H](C)O1. The zero-order chi connectivity index (χ0) is 20.4. The Labute approximate surface area is 174 Å². The van der Waals surface area contributed by atoms with E-state index in [0.29, 0.717) is 32.6 Å². The Morgan fingerprint density at radius 2 is 1.62 bits per heavy atom. The van der Waals surface area contributed by atoms with Gasteiger partial charge in [0.25, 0.3) is 0 Å². The number of hydrogen-bond acceptors (Lipinski definition) is 3. The van der Waals surface area contributed by atoms with E-state index in [4.69, 9.17) is 4.74 Å². The zero-order valence-corrected chi connectivity index (χ0v) is 17.9. The molecule has 0 aromatic heterocycles. The van der Waals surface area contributed by atoms with Crippen molar-refractivity contribution in [3.8, 4) is 0 Å². The van der Waals surface area contributed by atoms with Gasteiger partial charge in [-0.1, -0.05) is 18.2 Å². The Bertz CT molecular complexity index is 744. The van der Waals surface area contributed by atoms with Gasteiger partial charge in [0, 0.05) is 32.1 Å². The summed E-state index contributed by atoms with van der Waals surface area (Å²) >= 11 is 0. The summed E-state index contributed by atoms with van der Waals surface area (Å²) in [5.41, 5.74) is 4.02. The molecule has 3 aliphatic rings. The average molecular weight is 399 g/mol. The van der Waals surface area contributed by atoms with Crippen LogP contribution in [-0.4, -0.2) is 60.0 Å². The van der Waals surface area contributed by atoms with Crippen molar-refractivity contribution in [1.29, 1.82) is 0 Å². The number of carbonyl (C=O) groups is 2.